The average Bonchev–Trinajstić information content (AvgIpc) is 1.55. The molecule has 0 saturated heterocycles. The first-order valence-electron chi connectivity index (χ1n) is 51.6. The number of aromatic nitrogens is 10. The summed E-state index contributed by atoms with van der Waals surface area (Å²) in [4.78, 5) is 20.2. The van der Waals surface area contributed by atoms with E-state index in [-0.39, 0.29) is 49.4 Å². The predicted molar refractivity (Wildman–Crippen MR) is 563 cm³/mol. The van der Waals surface area contributed by atoms with Crippen molar-refractivity contribution >= 4 is 88.9 Å². The van der Waals surface area contributed by atoms with Gasteiger partial charge in [0.2, 0.25) is 0 Å². The Kier molecular flexibility index (Phi) is 19.5. The standard InChI is InChI=1S/C27H33N3.C25H33N3.C23H29N3.C22H27N3S.C22H27N3/c1-16-7-5-6-8-22(16)30-17(2)24-25-23(9-10-28(25)3)29(4)26(24)27(30)20-12-18-11-19(14-20)15-21(27)13-18;1-15-11-10-12-17-20(15)28-16(2)19-21-18(13-14-26(21)8)27(9)22(19)25(28,7)24(5,6)23(17,3)4;1-16-10-6-7-11-18(16)26-17(2)20-21-19(12-15-24(21)3)25(4)22(20)23(26)13-8-5-9-14-23;1-13-9-8-10-15-16(13)25-14(2)17-18(23-19-24(17)11-12-26-19)22(25,7)21(5,6)20(15,3)4;1-15-9-5-6-10-17(15)25-16(2)19-20-18(11-14-23(20)3)24(4)21(19)22(25)12-7-8-13-22/h5-10,17-21H,11-15H2,1-4H3;10-14,16H,1-9H3;6-7,10-12,15,17H,5,8-9,13-14H2,1-4H3;8-12,14H,1-7H3;5-6,9-11,14,16H,7-8,12-13H2,1-4H3. The zero-order chi connectivity index (χ0) is 94.8. The lowest BCUT2D eigenvalue weighted by Gasteiger charge is -2.64. The Morgan fingerprint density at radius 2 is 0.674 bits per heavy atom. The maximum atomic E-state index is 5.16. The molecule has 135 heavy (non-hydrogen) atoms. The van der Waals surface area contributed by atoms with E-state index < -0.39 is 0 Å². The highest BCUT2D eigenvalue weighted by atomic mass is 32.1. The summed E-state index contributed by atoms with van der Waals surface area (Å²) in [5, 5.41) is 2.14. The van der Waals surface area contributed by atoms with Crippen molar-refractivity contribution in [2.45, 2.75) is 297 Å². The minimum absolute atomic E-state index is 0.0182. The van der Waals surface area contributed by atoms with Crippen molar-refractivity contribution in [2.75, 3.05) is 24.5 Å². The number of rotatable bonds is 3. The number of nitrogens with zero attached hydrogens (tertiary/aromatic N) is 15. The Morgan fingerprint density at radius 1 is 0.333 bits per heavy atom. The molecule has 28 rings (SSSR count). The molecule has 6 aliphatic carbocycles. The van der Waals surface area contributed by atoms with Gasteiger partial charge in [-0.2, -0.15) is 0 Å². The van der Waals surface area contributed by atoms with Gasteiger partial charge in [0, 0.05) is 154 Å². The van der Waals surface area contributed by atoms with Gasteiger partial charge in [0.15, 0.2) is 4.96 Å². The predicted octanol–water partition coefficient (Wildman–Crippen LogP) is 28.6. The maximum Gasteiger partial charge on any atom is 0.194 e. The molecule has 4 bridgehead atoms. The molecule has 0 N–H and O–H groups in total. The second kappa shape index (κ2) is 29.8. The first-order valence-corrected chi connectivity index (χ1v) is 52.5. The summed E-state index contributed by atoms with van der Waals surface area (Å²) < 4.78 is 21.7. The van der Waals surface area contributed by atoms with Gasteiger partial charge in [-0.15, -0.1) is 11.3 Å². The van der Waals surface area contributed by atoms with Crippen molar-refractivity contribution in [2.24, 2.45) is 90.9 Å². The van der Waals surface area contributed by atoms with Crippen molar-refractivity contribution in [1.82, 2.24) is 45.9 Å². The quantitative estimate of drug-likeness (QED) is 0.176. The van der Waals surface area contributed by atoms with Crippen molar-refractivity contribution in [3.05, 3.63) is 265 Å². The summed E-state index contributed by atoms with van der Waals surface area (Å²) in [6.07, 6.45) is 30.0. The number of thiazole rings is 1. The van der Waals surface area contributed by atoms with Crippen LogP contribution in [0.3, 0.4) is 0 Å². The van der Waals surface area contributed by atoms with E-state index in [0.29, 0.717) is 30.2 Å². The van der Waals surface area contributed by atoms with E-state index in [1.54, 1.807) is 45.1 Å². The van der Waals surface area contributed by atoms with Crippen LogP contribution in [0.25, 0.3) is 49.1 Å². The fourth-order valence-electron chi connectivity index (χ4n) is 32.9. The Bertz CT molecular complexity index is 7300. The molecule has 0 radical (unpaired) electrons. The lowest BCUT2D eigenvalue weighted by Crippen LogP contribution is -2.62. The highest BCUT2D eigenvalue weighted by Gasteiger charge is 2.70. The average molecular weight is 1820 g/mol. The molecular formula is C119H149N15S. The second-order valence-electron chi connectivity index (χ2n) is 47.0. The molecule has 15 aromatic rings. The second-order valence-corrected chi connectivity index (χ2v) is 47.8. The van der Waals surface area contributed by atoms with Gasteiger partial charge >= 0.3 is 0 Å². The first kappa shape index (κ1) is 88.5. The van der Waals surface area contributed by atoms with Gasteiger partial charge in [-0.3, -0.25) is 4.40 Å². The van der Waals surface area contributed by atoms with Crippen LogP contribution in [-0.4, -0.2) is 45.9 Å². The lowest BCUT2D eigenvalue weighted by atomic mass is 9.47. The number of aryl methyl sites for hydroxylation is 13. The number of hydrogen-bond donors (Lipinski definition) is 0. The van der Waals surface area contributed by atoms with Crippen LogP contribution in [0.4, 0.5) is 28.4 Å². The summed E-state index contributed by atoms with van der Waals surface area (Å²) in [7, 11) is 18.0. The number of hydrogen-bond acceptors (Lipinski definition) is 7. The highest BCUT2D eigenvalue weighted by molar-refractivity contribution is 7.15. The van der Waals surface area contributed by atoms with Crippen LogP contribution in [0.5, 0.6) is 0 Å². The number of imidazole rings is 1. The van der Waals surface area contributed by atoms with Crippen molar-refractivity contribution in [1.29, 1.82) is 0 Å². The van der Waals surface area contributed by atoms with E-state index >= 15 is 0 Å². The fraction of sp³-hybridized carbons (Fsp3) is 0.504. The fourth-order valence-corrected chi connectivity index (χ4v) is 33.6. The normalized spacial score (nSPS) is 27.3. The molecule has 7 atom stereocenters. The molecule has 3 spiro atoms. The third-order valence-corrected chi connectivity index (χ3v) is 41.0. The highest BCUT2D eigenvalue weighted by Crippen LogP contribution is 2.74. The van der Waals surface area contributed by atoms with Crippen molar-refractivity contribution < 1.29 is 0 Å². The van der Waals surface area contributed by atoms with E-state index in [2.05, 4.69) is 430 Å². The van der Waals surface area contributed by atoms with E-state index in [0.717, 1.165) is 28.6 Å². The van der Waals surface area contributed by atoms with Crippen LogP contribution < -0.4 is 24.5 Å². The van der Waals surface area contributed by atoms with Crippen LogP contribution in [0, 0.1) is 69.1 Å². The molecular weight excluding hydrogens is 1670 g/mol. The molecule has 706 valence electrons. The van der Waals surface area contributed by atoms with Gasteiger partial charge in [-0.25, -0.2) is 4.98 Å². The molecule has 17 heterocycles. The van der Waals surface area contributed by atoms with Gasteiger partial charge in [-0.05, 0) is 257 Å². The molecule has 0 amide bonds. The van der Waals surface area contributed by atoms with Gasteiger partial charge in [-0.1, -0.05) is 178 Å². The Morgan fingerprint density at radius 3 is 1.10 bits per heavy atom. The molecule has 7 unspecified atom stereocenters. The minimum Gasteiger partial charge on any atom is -0.353 e. The van der Waals surface area contributed by atoms with Crippen LogP contribution in [0.2, 0.25) is 0 Å². The van der Waals surface area contributed by atoms with Crippen LogP contribution >= 0.6 is 11.3 Å². The molecule has 16 heteroatoms. The lowest BCUT2D eigenvalue weighted by molar-refractivity contribution is -0.0629. The Balaban J connectivity index is 0.0000000952. The van der Waals surface area contributed by atoms with Gasteiger partial charge in [0.25, 0.3) is 0 Å². The molecule has 6 fully saturated rings. The summed E-state index contributed by atoms with van der Waals surface area (Å²) in [6, 6.07) is 51.8. The van der Waals surface area contributed by atoms with Gasteiger partial charge < -0.3 is 61.0 Å². The molecule has 7 aliphatic heterocycles. The van der Waals surface area contributed by atoms with E-state index in [9.17, 15) is 0 Å². The molecule has 5 aromatic carbocycles. The molecule has 6 saturated carbocycles. The van der Waals surface area contributed by atoms with E-state index in [1.165, 1.54) is 224 Å². The van der Waals surface area contributed by atoms with E-state index in [1.807, 2.05) is 0 Å². The first-order chi connectivity index (χ1) is 64.2. The van der Waals surface area contributed by atoms with E-state index in [4.69, 9.17) is 4.98 Å². The summed E-state index contributed by atoms with van der Waals surface area (Å²) in [5.74, 6) is 3.54. The van der Waals surface area contributed by atoms with Crippen LogP contribution in [0.15, 0.2) is 170 Å². The summed E-state index contributed by atoms with van der Waals surface area (Å²) in [6.45, 7) is 47.9. The van der Waals surface area contributed by atoms with Crippen molar-refractivity contribution in [3.8, 4) is 0 Å². The van der Waals surface area contributed by atoms with Crippen LogP contribution in [0.1, 0.15) is 319 Å². The number of para-hydroxylation sites is 5. The van der Waals surface area contributed by atoms with Gasteiger partial charge in [0.05, 0.1) is 136 Å². The Hall–Kier alpha value is -10.5. The third kappa shape index (κ3) is 11.0. The summed E-state index contributed by atoms with van der Waals surface area (Å²) >= 11 is 1.73. The molecule has 13 aliphatic rings. The smallest absolute Gasteiger partial charge is 0.194 e. The maximum absolute atomic E-state index is 5.16. The number of anilines is 5. The third-order valence-electron chi connectivity index (χ3n) is 40.3. The monoisotopic (exact) mass is 1820 g/mol. The number of benzene rings is 5. The molecule has 10 aromatic heterocycles. The topological polar surface area (TPSA) is 72.9 Å². The largest absolute Gasteiger partial charge is 0.353 e. The zero-order valence-electron chi connectivity index (χ0n) is 86.4. The number of fused-ring (bicyclic) bond motifs is 25. The molecule has 15 nitrogen and oxygen atoms in total. The summed E-state index contributed by atoms with van der Waals surface area (Å²) in [5.41, 5.74) is 43.9. The van der Waals surface area contributed by atoms with Crippen molar-refractivity contribution in [3.63, 3.8) is 0 Å². The van der Waals surface area contributed by atoms with Gasteiger partial charge in [0.1, 0.15) is 0 Å². The SMILES string of the molecule is Cc1cccc2c1N1C(C)c3c(n(C)c4ccn(C)c34)C1(C)C(C)(C)C2(C)C.Cc1cccc2c1N1C(C)c3c(nc4sccn34)C1(C)C(C)(C)C2(C)C.Cc1ccccc1N1C(C)c2c(n(C)c3ccn(C)c23)C12C1CC3CC(C1)CC2C3.Cc1ccccc1N1C(C)c2c(n(C)c3ccn(C)c23)C12CCCC2.Cc1ccccc1N1C(C)c2c(n(C)c3ccn(C)c23)C12CCCCC2. The minimum atomic E-state index is -0.143. The van der Waals surface area contributed by atoms with Crippen LogP contribution in [-0.2, 0) is 94.9 Å². The Labute approximate surface area is 807 Å². The zero-order valence-corrected chi connectivity index (χ0v) is 87.2.